The number of nitrogens with zero attached hydrogens (tertiary/aromatic N) is 1. The number of hydrogen-bond donors (Lipinski definition) is 1. The molecule has 1 fully saturated rings. The lowest BCUT2D eigenvalue weighted by molar-refractivity contribution is -0.197. The van der Waals surface area contributed by atoms with Crippen molar-refractivity contribution in [1.29, 1.82) is 0 Å². The number of halogens is 5. The van der Waals surface area contributed by atoms with Gasteiger partial charge in [0.15, 0.2) is 15.4 Å². The van der Waals surface area contributed by atoms with E-state index in [9.17, 15) is 30.4 Å². The van der Waals surface area contributed by atoms with Crippen LogP contribution in [0.1, 0.15) is 32.1 Å². The second kappa shape index (κ2) is 6.73. The van der Waals surface area contributed by atoms with E-state index in [0.717, 1.165) is 30.0 Å². The van der Waals surface area contributed by atoms with Crippen LogP contribution in [0.25, 0.3) is 0 Å². The van der Waals surface area contributed by atoms with Gasteiger partial charge in [-0.25, -0.2) is 22.6 Å². The van der Waals surface area contributed by atoms with Gasteiger partial charge in [-0.1, -0.05) is 19.3 Å². The van der Waals surface area contributed by atoms with Crippen LogP contribution < -0.4 is 10.4 Å². The summed E-state index contributed by atoms with van der Waals surface area (Å²) in [7, 11) is -4.01. The Morgan fingerprint density at radius 2 is 1.74 bits per heavy atom. The summed E-state index contributed by atoms with van der Waals surface area (Å²) in [6.07, 6.45) is 0.977. The molecule has 0 saturated heterocycles. The molecule has 150 valence electrons. The molecule has 10 heteroatoms. The average molecular weight is 410 g/mol. The Kier molecular flexibility index (Phi) is 5.00. The molecule has 1 aliphatic heterocycles. The Morgan fingerprint density at radius 3 is 2.30 bits per heavy atom. The number of benzene rings is 1. The van der Waals surface area contributed by atoms with Crippen molar-refractivity contribution in [3.05, 3.63) is 36.0 Å². The fraction of sp³-hybridized carbons (Fsp3) is 0.529. The van der Waals surface area contributed by atoms with Gasteiger partial charge in [0.2, 0.25) is 0 Å². The van der Waals surface area contributed by atoms with Crippen LogP contribution in [0.4, 0.5) is 27.6 Å². The maximum Gasteiger partial charge on any atom is 0.412 e. The van der Waals surface area contributed by atoms with Gasteiger partial charge in [-0.3, -0.25) is 5.01 Å². The van der Waals surface area contributed by atoms with Gasteiger partial charge in [-0.15, -0.1) is 0 Å². The molecule has 1 atom stereocenters. The Morgan fingerprint density at radius 1 is 1.11 bits per heavy atom. The molecule has 1 aliphatic carbocycles. The normalized spacial score (nSPS) is 24.6. The van der Waals surface area contributed by atoms with Gasteiger partial charge >= 0.3 is 6.18 Å². The number of alkyl halides is 3. The first kappa shape index (κ1) is 20.1. The van der Waals surface area contributed by atoms with Crippen molar-refractivity contribution < 1.29 is 30.4 Å². The molecule has 0 aromatic heterocycles. The topological polar surface area (TPSA) is 49.4 Å². The van der Waals surface area contributed by atoms with Crippen molar-refractivity contribution in [2.75, 3.05) is 11.3 Å². The van der Waals surface area contributed by atoms with Crippen molar-refractivity contribution in [2.24, 2.45) is 5.92 Å². The molecule has 1 heterocycles. The molecule has 1 aromatic carbocycles. The van der Waals surface area contributed by atoms with E-state index in [1.807, 2.05) is 0 Å². The third-order valence-electron chi connectivity index (χ3n) is 5.17. The van der Waals surface area contributed by atoms with Gasteiger partial charge in [-0.05, 0) is 30.9 Å². The van der Waals surface area contributed by atoms with E-state index < -0.39 is 49.7 Å². The van der Waals surface area contributed by atoms with Crippen molar-refractivity contribution in [1.82, 2.24) is 5.43 Å². The first-order valence-corrected chi connectivity index (χ1v) is 10.4. The zero-order chi connectivity index (χ0) is 20.0. The van der Waals surface area contributed by atoms with Crippen LogP contribution in [0.15, 0.2) is 29.3 Å². The van der Waals surface area contributed by atoms with Crippen molar-refractivity contribution in [3.8, 4) is 0 Å². The zero-order valence-electron chi connectivity index (χ0n) is 14.5. The summed E-state index contributed by atoms with van der Waals surface area (Å²) in [5.74, 6) is -3.10. The van der Waals surface area contributed by atoms with Crippen LogP contribution in [-0.2, 0) is 9.84 Å². The molecule has 1 aromatic rings. The van der Waals surface area contributed by atoms with E-state index in [1.54, 1.807) is 0 Å². The minimum atomic E-state index is -4.64. The van der Waals surface area contributed by atoms with E-state index in [4.69, 9.17) is 0 Å². The largest absolute Gasteiger partial charge is 0.412 e. The van der Waals surface area contributed by atoms with Gasteiger partial charge in [-0.2, -0.15) is 13.2 Å². The molecule has 0 bridgehead atoms. The number of hydrogen-bond acceptors (Lipinski definition) is 4. The third kappa shape index (κ3) is 3.56. The molecule has 3 rings (SSSR count). The Bertz CT molecular complexity index is 863. The minimum Gasteiger partial charge on any atom is -0.280 e. The van der Waals surface area contributed by atoms with Crippen LogP contribution in [-0.4, -0.2) is 26.4 Å². The third-order valence-corrected chi connectivity index (χ3v) is 6.28. The number of rotatable bonds is 3. The highest BCUT2D eigenvalue weighted by Crippen LogP contribution is 2.46. The zero-order valence-corrected chi connectivity index (χ0v) is 15.3. The number of sulfone groups is 1. The number of hydrazine groups is 1. The highest BCUT2D eigenvalue weighted by atomic mass is 32.2. The summed E-state index contributed by atoms with van der Waals surface area (Å²) in [6, 6.07) is 1.06. The Balaban J connectivity index is 1.97. The molecule has 2 aliphatic rings. The lowest BCUT2D eigenvalue weighted by Crippen LogP contribution is -2.61. The SMILES string of the molecule is CS(=O)(=O)c1cc(F)c(N2C=CC(C3CCCCC3)(C(F)(F)F)N2)cc1F. The molecule has 0 amide bonds. The van der Waals surface area contributed by atoms with Crippen molar-refractivity contribution in [3.63, 3.8) is 0 Å². The Labute approximate surface area is 153 Å². The molecule has 1 N–H and O–H groups in total. The van der Waals surface area contributed by atoms with Crippen LogP contribution in [0, 0.1) is 17.6 Å². The van der Waals surface area contributed by atoms with Crippen molar-refractivity contribution in [2.45, 2.75) is 48.7 Å². The lowest BCUT2D eigenvalue weighted by atomic mass is 9.74. The molecule has 1 unspecified atom stereocenters. The number of nitrogens with one attached hydrogen (secondary N) is 1. The summed E-state index contributed by atoms with van der Waals surface area (Å²) in [5, 5.41) is 0.770. The second-order valence-electron chi connectivity index (χ2n) is 7.01. The van der Waals surface area contributed by atoms with Gasteiger partial charge in [0.1, 0.15) is 16.5 Å². The van der Waals surface area contributed by atoms with Gasteiger partial charge in [0, 0.05) is 18.5 Å². The van der Waals surface area contributed by atoms with E-state index in [0.29, 0.717) is 37.8 Å². The molecular formula is C17H19F5N2O2S. The monoisotopic (exact) mass is 410 g/mol. The molecule has 0 radical (unpaired) electrons. The standard InChI is InChI=1S/C17H19F5N2O2S/c1-27(25,26)15-10-12(18)14(9-13(15)19)24-8-7-16(23-24,17(20,21)22)11-5-3-2-4-6-11/h7-11,23H,2-6H2,1H3. The van der Waals surface area contributed by atoms with Gasteiger partial charge in [0.05, 0.1) is 5.69 Å². The summed E-state index contributed by atoms with van der Waals surface area (Å²) >= 11 is 0. The first-order valence-electron chi connectivity index (χ1n) is 8.48. The highest BCUT2D eigenvalue weighted by molar-refractivity contribution is 7.90. The maximum absolute atomic E-state index is 14.4. The van der Waals surface area contributed by atoms with Crippen LogP contribution >= 0.6 is 0 Å². The van der Waals surface area contributed by atoms with Crippen molar-refractivity contribution >= 4 is 15.5 Å². The minimum absolute atomic E-state index is 0.370. The average Bonchev–Trinajstić information content (AvgIpc) is 3.03. The van der Waals surface area contributed by atoms with Crippen LogP contribution in [0.2, 0.25) is 0 Å². The summed E-state index contributed by atoms with van der Waals surface area (Å²) < 4.78 is 93.2. The van der Waals surface area contributed by atoms with E-state index in [2.05, 4.69) is 5.43 Å². The summed E-state index contributed by atoms with van der Waals surface area (Å²) in [6.45, 7) is 0. The predicted molar refractivity (Wildman–Crippen MR) is 89.6 cm³/mol. The summed E-state index contributed by atoms with van der Waals surface area (Å²) in [5.41, 5.74) is -0.587. The second-order valence-corrected chi connectivity index (χ2v) is 8.99. The molecule has 0 spiro atoms. The fourth-order valence-electron chi connectivity index (χ4n) is 3.77. The smallest absolute Gasteiger partial charge is 0.280 e. The first-order chi connectivity index (χ1) is 12.5. The van der Waals surface area contributed by atoms with E-state index >= 15 is 0 Å². The van der Waals surface area contributed by atoms with E-state index in [1.165, 1.54) is 0 Å². The molecular weight excluding hydrogens is 391 g/mol. The summed E-state index contributed by atoms with van der Waals surface area (Å²) in [4.78, 5) is -0.846. The molecule has 4 nitrogen and oxygen atoms in total. The highest BCUT2D eigenvalue weighted by Gasteiger charge is 2.60. The predicted octanol–water partition coefficient (Wildman–Crippen LogP) is 4.09. The van der Waals surface area contributed by atoms with Crippen LogP contribution in [0.3, 0.4) is 0 Å². The number of anilines is 1. The fourth-order valence-corrected chi connectivity index (χ4v) is 4.50. The Hall–Kier alpha value is -1.68. The molecule has 1 saturated carbocycles. The van der Waals surface area contributed by atoms with Gasteiger partial charge < -0.3 is 0 Å². The van der Waals surface area contributed by atoms with Gasteiger partial charge in [0.25, 0.3) is 0 Å². The quantitative estimate of drug-likeness (QED) is 0.763. The van der Waals surface area contributed by atoms with Crippen LogP contribution in [0.5, 0.6) is 0 Å². The lowest BCUT2D eigenvalue weighted by Gasteiger charge is -2.41. The molecule has 27 heavy (non-hydrogen) atoms. The maximum atomic E-state index is 14.4. The van der Waals surface area contributed by atoms with E-state index in [-0.39, 0.29) is 0 Å².